The van der Waals surface area contributed by atoms with Crippen molar-refractivity contribution in [2.24, 2.45) is 0 Å². The van der Waals surface area contributed by atoms with Gasteiger partial charge in [-0.25, -0.2) is 14.3 Å². The Morgan fingerprint density at radius 3 is 2.44 bits per heavy atom. The van der Waals surface area contributed by atoms with Crippen molar-refractivity contribution in [1.29, 1.82) is 0 Å². The van der Waals surface area contributed by atoms with Crippen LogP contribution in [0.25, 0.3) is 11.2 Å². The highest BCUT2D eigenvalue weighted by atomic mass is 31.2. The van der Waals surface area contributed by atoms with E-state index < -0.39 is 74.2 Å². The molecule has 0 aliphatic carbocycles. The number of aliphatic hydroxyl groups excluding tert-OH is 4. The molecule has 2 aliphatic rings. The molecule has 7 atom stereocenters. The molecule has 0 bridgehead atoms. The average Bonchev–Trinajstić information content (AvgIpc) is 3.56. The van der Waals surface area contributed by atoms with Crippen LogP contribution < -0.4 is 22.5 Å². The number of anilines is 1. The van der Waals surface area contributed by atoms with E-state index in [-0.39, 0.29) is 30.1 Å². The lowest BCUT2D eigenvalue weighted by atomic mass is 10.1. The number of hydrogen-bond acceptors (Lipinski definition) is 14. The van der Waals surface area contributed by atoms with E-state index in [9.17, 15) is 34.3 Å². The number of aromatic amines is 2. The third-order valence-corrected chi connectivity index (χ3v) is 6.79. The second-order valence-electron chi connectivity index (χ2n) is 9.20. The number of imidazole rings is 1. The molecule has 2 fully saturated rings. The Morgan fingerprint density at radius 2 is 1.80 bits per heavy atom. The van der Waals surface area contributed by atoms with Gasteiger partial charge in [0.15, 0.2) is 17.4 Å². The van der Waals surface area contributed by atoms with Gasteiger partial charge < -0.3 is 45.4 Å². The lowest BCUT2D eigenvalue weighted by Crippen LogP contribution is -2.33. The average molecular weight is 605 g/mol. The lowest BCUT2D eigenvalue weighted by molar-refractivity contribution is -0.0503. The van der Waals surface area contributed by atoms with Crippen molar-refractivity contribution in [3.8, 4) is 0 Å². The van der Waals surface area contributed by atoms with Gasteiger partial charge in [-0.1, -0.05) is 0 Å². The van der Waals surface area contributed by atoms with Crippen molar-refractivity contribution in [2.75, 3.05) is 18.9 Å². The first-order valence-corrected chi connectivity index (χ1v) is 13.4. The molecule has 20 nitrogen and oxygen atoms in total. The number of ether oxygens (including phenoxy) is 2. The monoisotopic (exact) mass is 605 g/mol. The van der Waals surface area contributed by atoms with Gasteiger partial charge in [-0.05, 0) is 6.92 Å². The van der Waals surface area contributed by atoms with E-state index in [4.69, 9.17) is 30.1 Å². The van der Waals surface area contributed by atoms with Crippen molar-refractivity contribution in [3.63, 3.8) is 0 Å². The third-order valence-electron chi connectivity index (χ3n) is 6.31. The molecule has 41 heavy (non-hydrogen) atoms. The SMILES string of the molecule is Cc1cn([C@H]2C[C@H](O)[C@@H](CO)O2)c(=O)[nH]c1=O.Nc1nc2c(ncn2[C@@H]2O[C@H](COP(=O)(O)O)[C@@H](O)[C@H]2O)c(=O)[nH]1. The topological polar surface area (TPSA) is 311 Å². The summed E-state index contributed by atoms with van der Waals surface area (Å²) in [4.78, 5) is 64.1. The minimum atomic E-state index is -4.76. The van der Waals surface area contributed by atoms with Crippen LogP contribution in [-0.2, 0) is 18.6 Å². The van der Waals surface area contributed by atoms with Crippen molar-refractivity contribution in [2.45, 2.75) is 56.3 Å². The molecule has 0 unspecified atom stereocenters. The number of nitrogens with zero attached hydrogens (tertiary/aromatic N) is 4. The molecule has 0 spiro atoms. The molecule has 10 N–H and O–H groups in total. The first-order chi connectivity index (χ1) is 19.2. The fourth-order valence-corrected chi connectivity index (χ4v) is 4.59. The maximum absolute atomic E-state index is 11.7. The standard InChI is InChI=1S/C10H14N5O8P.C10H14N2O5/c11-10-13-7-4(8(18)14-10)12-2-15(7)9-6(17)5(16)3(23-9)1-22-24(19,20)21;1-5-3-12(10(16)11-9(5)15)8-2-6(14)7(4-13)17-8/h2-3,5-6,9,16-17H,1H2,(H2,19,20,21)(H3,11,13,14,18);3,6-8,13-14H,2,4H2,1H3,(H,11,15,16)/t3-,5-,6-,9-;6-,7+,8+/m10/s1. The summed E-state index contributed by atoms with van der Waals surface area (Å²) in [6, 6.07) is 0. The number of hydrogen-bond donors (Lipinski definition) is 9. The molecular formula is C20H28N7O13P. The van der Waals surface area contributed by atoms with Gasteiger partial charge in [-0.2, -0.15) is 4.98 Å². The molecule has 0 saturated carbocycles. The number of phosphoric acid groups is 1. The van der Waals surface area contributed by atoms with Crippen LogP contribution in [0.3, 0.4) is 0 Å². The van der Waals surface area contributed by atoms with Crippen molar-refractivity contribution in [3.05, 3.63) is 49.3 Å². The Labute approximate surface area is 227 Å². The van der Waals surface area contributed by atoms with Gasteiger partial charge in [0.25, 0.3) is 11.1 Å². The molecule has 0 aromatic carbocycles. The minimum Gasteiger partial charge on any atom is -0.394 e. The van der Waals surface area contributed by atoms with Crippen LogP contribution in [0.15, 0.2) is 26.9 Å². The summed E-state index contributed by atoms with van der Waals surface area (Å²) in [5.74, 6) is -0.177. The van der Waals surface area contributed by atoms with Gasteiger partial charge in [0.2, 0.25) is 5.95 Å². The van der Waals surface area contributed by atoms with E-state index in [0.717, 1.165) is 0 Å². The zero-order valence-electron chi connectivity index (χ0n) is 21.2. The molecule has 3 aromatic heterocycles. The van der Waals surface area contributed by atoms with Gasteiger partial charge in [0, 0.05) is 18.2 Å². The second-order valence-corrected chi connectivity index (χ2v) is 10.4. The Bertz CT molecular complexity index is 1610. The quantitative estimate of drug-likeness (QED) is 0.121. The van der Waals surface area contributed by atoms with E-state index in [1.807, 2.05) is 0 Å². The summed E-state index contributed by atoms with van der Waals surface area (Å²) in [5.41, 5.74) is 4.20. The van der Waals surface area contributed by atoms with Crippen LogP contribution in [0.1, 0.15) is 24.4 Å². The fourth-order valence-electron chi connectivity index (χ4n) is 4.25. The predicted octanol–water partition coefficient (Wildman–Crippen LogP) is -4.08. The van der Waals surface area contributed by atoms with Crippen LogP contribution in [-0.4, -0.2) is 103 Å². The van der Waals surface area contributed by atoms with Gasteiger partial charge in [0.05, 0.1) is 25.6 Å². The number of rotatable bonds is 6. The summed E-state index contributed by atoms with van der Waals surface area (Å²) in [5, 5.41) is 38.6. The largest absolute Gasteiger partial charge is 0.469 e. The van der Waals surface area contributed by atoms with E-state index in [1.54, 1.807) is 6.92 Å². The van der Waals surface area contributed by atoms with E-state index in [0.29, 0.717) is 5.56 Å². The maximum atomic E-state index is 11.7. The zero-order chi connectivity index (χ0) is 30.2. The normalized spacial score (nSPS) is 28.1. The van der Waals surface area contributed by atoms with E-state index in [1.165, 1.54) is 21.7 Å². The molecule has 226 valence electrons. The third kappa shape index (κ3) is 6.62. The molecule has 0 radical (unpaired) electrons. The number of nitrogens with one attached hydrogen (secondary N) is 2. The Kier molecular flexibility index (Phi) is 8.90. The Balaban J connectivity index is 0.000000201. The van der Waals surface area contributed by atoms with Crippen molar-refractivity contribution < 1.29 is 48.8 Å². The predicted molar refractivity (Wildman–Crippen MR) is 134 cm³/mol. The summed E-state index contributed by atoms with van der Waals surface area (Å²) in [6.07, 6.45) is -4.80. The highest BCUT2D eigenvalue weighted by Gasteiger charge is 2.45. The first kappa shape index (κ1) is 30.7. The van der Waals surface area contributed by atoms with Gasteiger partial charge in [-0.15, -0.1) is 0 Å². The maximum Gasteiger partial charge on any atom is 0.469 e. The number of nitrogen functional groups attached to an aromatic ring is 1. The Hall–Kier alpha value is -3.30. The first-order valence-electron chi connectivity index (χ1n) is 11.9. The number of aliphatic hydroxyl groups is 4. The number of aryl methyl sites for hydroxylation is 1. The van der Waals surface area contributed by atoms with Gasteiger partial charge in [0.1, 0.15) is 30.6 Å². The van der Waals surface area contributed by atoms with Crippen LogP contribution in [0, 0.1) is 6.92 Å². The van der Waals surface area contributed by atoms with Gasteiger partial charge in [-0.3, -0.25) is 33.2 Å². The van der Waals surface area contributed by atoms with Crippen LogP contribution in [0.5, 0.6) is 0 Å². The van der Waals surface area contributed by atoms with Crippen molar-refractivity contribution in [1.82, 2.24) is 29.1 Å². The van der Waals surface area contributed by atoms with Crippen LogP contribution in [0.4, 0.5) is 5.95 Å². The minimum absolute atomic E-state index is 0.0176. The van der Waals surface area contributed by atoms with E-state index in [2.05, 4.69) is 24.5 Å². The number of phosphoric ester groups is 1. The van der Waals surface area contributed by atoms with Crippen LogP contribution in [0.2, 0.25) is 0 Å². The highest BCUT2D eigenvalue weighted by Crippen LogP contribution is 2.38. The number of aromatic nitrogens is 6. The zero-order valence-corrected chi connectivity index (χ0v) is 22.1. The summed E-state index contributed by atoms with van der Waals surface area (Å²) in [7, 11) is -4.76. The lowest BCUT2D eigenvalue weighted by Gasteiger charge is -2.16. The molecule has 3 aromatic rings. The molecule has 0 amide bonds. The number of nitrogens with two attached hydrogens (primary N) is 1. The van der Waals surface area contributed by atoms with Gasteiger partial charge >= 0.3 is 13.5 Å². The highest BCUT2D eigenvalue weighted by molar-refractivity contribution is 7.46. The number of fused-ring (bicyclic) bond motifs is 1. The molecule has 21 heteroatoms. The summed E-state index contributed by atoms with van der Waals surface area (Å²) >= 11 is 0. The Morgan fingerprint density at radius 1 is 1.10 bits per heavy atom. The molecule has 5 heterocycles. The fraction of sp³-hybridized carbons (Fsp3) is 0.550. The summed E-state index contributed by atoms with van der Waals surface area (Å²) < 4.78 is 28.1. The van der Waals surface area contributed by atoms with Crippen LogP contribution >= 0.6 is 7.82 Å². The second kappa shape index (κ2) is 11.9. The summed E-state index contributed by atoms with van der Waals surface area (Å²) in [6.45, 7) is 0.611. The molecule has 2 saturated heterocycles. The smallest absolute Gasteiger partial charge is 0.394 e. The molecular weight excluding hydrogens is 577 g/mol. The molecule has 5 rings (SSSR count). The van der Waals surface area contributed by atoms with Crippen molar-refractivity contribution >= 4 is 24.9 Å². The molecule has 2 aliphatic heterocycles. The van der Waals surface area contributed by atoms with E-state index >= 15 is 0 Å². The number of H-pyrrole nitrogens is 2.